The van der Waals surface area contributed by atoms with Crippen LogP contribution in [0.1, 0.15) is 33.9 Å². The molecule has 4 rings (SSSR count). The van der Waals surface area contributed by atoms with Gasteiger partial charge in [-0.15, -0.1) is 0 Å². The molecule has 0 aliphatic carbocycles. The van der Waals surface area contributed by atoms with Gasteiger partial charge in [-0.1, -0.05) is 41.9 Å². The van der Waals surface area contributed by atoms with Crippen molar-refractivity contribution in [3.63, 3.8) is 0 Å². The third-order valence-corrected chi connectivity index (χ3v) is 6.51. The van der Waals surface area contributed by atoms with Crippen LogP contribution in [-0.2, 0) is 9.59 Å². The van der Waals surface area contributed by atoms with Gasteiger partial charge in [-0.05, 0) is 67.3 Å². The van der Waals surface area contributed by atoms with Gasteiger partial charge in [-0.25, -0.2) is 0 Å². The van der Waals surface area contributed by atoms with E-state index in [1.165, 1.54) is 19.1 Å². The summed E-state index contributed by atoms with van der Waals surface area (Å²) in [7, 11) is 3.00. The van der Waals surface area contributed by atoms with E-state index >= 15 is 0 Å². The predicted octanol–water partition coefficient (Wildman–Crippen LogP) is 5.91. The minimum Gasteiger partial charge on any atom is -0.507 e. The van der Waals surface area contributed by atoms with Gasteiger partial charge in [0.15, 0.2) is 0 Å². The van der Waals surface area contributed by atoms with Crippen LogP contribution in [0.2, 0.25) is 5.02 Å². The minimum absolute atomic E-state index is 0.0143. The summed E-state index contributed by atoms with van der Waals surface area (Å²) in [5.41, 5.74) is 4.02. The fraction of sp³-hybridized carbons (Fsp3) is 0.214. The number of hydrogen-bond acceptors (Lipinski definition) is 5. The molecule has 6 nitrogen and oxygen atoms in total. The molecule has 1 atom stereocenters. The van der Waals surface area contributed by atoms with Gasteiger partial charge in [0.1, 0.15) is 17.3 Å². The van der Waals surface area contributed by atoms with E-state index < -0.39 is 17.7 Å². The second-order valence-electron chi connectivity index (χ2n) is 8.51. The summed E-state index contributed by atoms with van der Waals surface area (Å²) >= 11 is 6.36. The standard InChI is InChI=1S/C28H26ClNO5/c1-15-12-17(3)27(35-5)20(13-15)25(31)23-24(19-9-7-6-8-16(19)2)30(28(33)26(23)32)18-10-11-22(34-4)21(29)14-18/h6-14,24,31H,1-5H3/b25-23+. The molecule has 1 fully saturated rings. The highest BCUT2D eigenvalue weighted by atomic mass is 35.5. The summed E-state index contributed by atoms with van der Waals surface area (Å²) in [5, 5.41) is 11.8. The number of halogens is 1. The van der Waals surface area contributed by atoms with Crippen LogP contribution in [0.25, 0.3) is 5.76 Å². The van der Waals surface area contributed by atoms with Gasteiger partial charge >= 0.3 is 0 Å². The van der Waals surface area contributed by atoms with Crippen LogP contribution in [-0.4, -0.2) is 31.0 Å². The third kappa shape index (κ3) is 4.15. The molecule has 0 aromatic heterocycles. The van der Waals surface area contributed by atoms with Crippen molar-refractivity contribution in [2.75, 3.05) is 19.1 Å². The Balaban J connectivity index is 2.02. The van der Waals surface area contributed by atoms with E-state index in [1.807, 2.05) is 51.1 Å². The number of aryl methyl sites for hydroxylation is 3. The molecule has 1 heterocycles. The summed E-state index contributed by atoms with van der Waals surface area (Å²) in [4.78, 5) is 28.3. The Hall–Kier alpha value is -3.77. The molecular formula is C28H26ClNO5. The largest absolute Gasteiger partial charge is 0.507 e. The zero-order valence-corrected chi connectivity index (χ0v) is 20.9. The lowest BCUT2D eigenvalue weighted by Gasteiger charge is -2.27. The van der Waals surface area contributed by atoms with E-state index in [9.17, 15) is 14.7 Å². The normalized spacial score (nSPS) is 17.1. The minimum atomic E-state index is -0.869. The van der Waals surface area contributed by atoms with Crippen LogP contribution < -0.4 is 14.4 Å². The maximum Gasteiger partial charge on any atom is 0.300 e. The van der Waals surface area contributed by atoms with Crippen LogP contribution >= 0.6 is 11.6 Å². The maximum atomic E-state index is 13.5. The molecule has 35 heavy (non-hydrogen) atoms. The number of aliphatic hydroxyl groups is 1. The number of amides is 1. The fourth-order valence-corrected chi connectivity index (χ4v) is 4.89. The Morgan fingerprint density at radius 3 is 2.29 bits per heavy atom. The molecule has 1 aliphatic rings. The molecular weight excluding hydrogens is 466 g/mol. The highest BCUT2D eigenvalue weighted by Crippen LogP contribution is 2.45. The predicted molar refractivity (Wildman–Crippen MR) is 136 cm³/mol. The van der Waals surface area contributed by atoms with Gasteiger partial charge < -0.3 is 14.6 Å². The lowest BCUT2D eigenvalue weighted by atomic mass is 9.91. The number of ether oxygens (including phenoxy) is 2. The van der Waals surface area contributed by atoms with Crippen molar-refractivity contribution in [2.24, 2.45) is 0 Å². The Bertz CT molecular complexity index is 1380. The first-order valence-electron chi connectivity index (χ1n) is 11.0. The average molecular weight is 492 g/mol. The molecule has 3 aromatic rings. The number of aliphatic hydroxyl groups excluding tert-OH is 1. The van der Waals surface area contributed by atoms with Gasteiger partial charge in [0.05, 0.1) is 36.4 Å². The van der Waals surface area contributed by atoms with Gasteiger partial charge in [0, 0.05) is 5.69 Å². The summed E-state index contributed by atoms with van der Waals surface area (Å²) in [6.45, 7) is 5.65. The SMILES string of the molecule is COc1ccc(N2C(=O)C(=O)/C(=C(/O)c3cc(C)cc(C)c3OC)C2c2ccccc2C)cc1Cl. The maximum absolute atomic E-state index is 13.5. The van der Waals surface area contributed by atoms with Crippen LogP contribution in [0, 0.1) is 20.8 Å². The number of rotatable bonds is 5. The summed E-state index contributed by atoms with van der Waals surface area (Å²) in [6, 6.07) is 15.1. The first kappa shape index (κ1) is 24.4. The van der Waals surface area contributed by atoms with Crippen molar-refractivity contribution in [2.45, 2.75) is 26.8 Å². The third-order valence-electron chi connectivity index (χ3n) is 6.22. The van der Waals surface area contributed by atoms with E-state index in [2.05, 4.69) is 0 Å². The van der Waals surface area contributed by atoms with E-state index in [-0.39, 0.29) is 11.3 Å². The van der Waals surface area contributed by atoms with E-state index in [0.717, 1.165) is 16.7 Å². The molecule has 0 saturated carbocycles. The van der Waals surface area contributed by atoms with Crippen LogP contribution in [0.5, 0.6) is 11.5 Å². The van der Waals surface area contributed by atoms with Gasteiger partial charge in [-0.3, -0.25) is 14.5 Å². The fourth-order valence-electron chi connectivity index (χ4n) is 4.64. The molecule has 1 amide bonds. The molecule has 0 radical (unpaired) electrons. The van der Waals surface area contributed by atoms with E-state index in [1.54, 1.807) is 24.3 Å². The van der Waals surface area contributed by atoms with Crippen molar-refractivity contribution >= 4 is 34.7 Å². The van der Waals surface area contributed by atoms with E-state index in [0.29, 0.717) is 33.3 Å². The molecule has 1 unspecified atom stereocenters. The second-order valence-corrected chi connectivity index (χ2v) is 8.91. The summed E-state index contributed by atoms with van der Waals surface area (Å²) in [6.07, 6.45) is 0. The topological polar surface area (TPSA) is 76.1 Å². The second kappa shape index (κ2) is 9.47. The van der Waals surface area contributed by atoms with Gasteiger partial charge in [0.25, 0.3) is 11.7 Å². The number of Topliss-reactive ketones (excluding diaryl/α,β-unsaturated/α-hetero) is 1. The van der Waals surface area contributed by atoms with Crippen molar-refractivity contribution in [1.29, 1.82) is 0 Å². The number of anilines is 1. The number of hydrogen-bond donors (Lipinski definition) is 1. The smallest absolute Gasteiger partial charge is 0.300 e. The lowest BCUT2D eigenvalue weighted by Crippen LogP contribution is -2.29. The zero-order valence-electron chi connectivity index (χ0n) is 20.2. The molecule has 0 bridgehead atoms. The number of nitrogens with zero attached hydrogens (tertiary/aromatic N) is 1. The Kier molecular flexibility index (Phi) is 6.59. The quantitative estimate of drug-likeness (QED) is 0.273. The van der Waals surface area contributed by atoms with Crippen molar-refractivity contribution < 1.29 is 24.2 Å². The molecule has 3 aromatic carbocycles. The molecule has 0 spiro atoms. The molecule has 7 heteroatoms. The summed E-state index contributed by atoms with van der Waals surface area (Å²) < 4.78 is 10.8. The molecule has 1 aliphatic heterocycles. The molecule has 1 saturated heterocycles. The van der Waals surface area contributed by atoms with E-state index in [4.69, 9.17) is 21.1 Å². The van der Waals surface area contributed by atoms with Crippen molar-refractivity contribution in [3.05, 3.63) is 93.0 Å². The lowest BCUT2D eigenvalue weighted by molar-refractivity contribution is -0.132. The van der Waals surface area contributed by atoms with Crippen molar-refractivity contribution in [1.82, 2.24) is 0 Å². The number of benzene rings is 3. The first-order chi connectivity index (χ1) is 16.7. The summed E-state index contributed by atoms with van der Waals surface area (Å²) in [5.74, 6) is -0.953. The number of methoxy groups -OCH3 is 2. The van der Waals surface area contributed by atoms with Crippen LogP contribution in [0.4, 0.5) is 5.69 Å². The highest BCUT2D eigenvalue weighted by molar-refractivity contribution is 6.52. The Morgan fingerprint density at radius 2 is 1.66 bits per heavy atom. The van der Waals surface area contributed by atoms with Crippen LogP contribution in [0.3, 0.4) is 0 Å². The molecule has 1 N–H and O–H groups in total. The first-order valence-corrected chi connectivity index (χ1v) is 11.4. The highest BCUT2D eigenvalue weighted by Gasteiger charge is 2.47. The average Bonchev–Trinajstić information content (AvgIpc) is 3.08. The van der Waals surface area contributed by atoms with Gasteiger partial charge in [-0.2, -0.15) is 0 Å². The van der Waals surface area contributed by atoms with Gasteiger partial charge in [0.2, 0.25) is 0 Å². The zero-order chi connectivity index (χ0) is 25.4. The monoisotopic (exact) mass is 491 g/mol. The Morgan fingerprint density at radius 1 is 0.943 bits per heavy atom. The number of carbonyl (C=O) groups is 2. The molecule has 180 valence electrons. The number of ketones is 1. The van der Waals surface area contributed by atoms with Crippen LogP contribution in [0.15, 0.2) is 60.2 Å². The van der Waals surface area contributed by atoms with Crippen molar-refractivity contribution in [3.8, 4) is 11.5 Å². The number of carbonyl (C=O) groups excluding carboxylic acids is 2. The Labute approximate surface area is 209 Å².